The highest BCUT2D eigenvalue weighted by Gasteiger charge is 2.16. The number of anilines is 1. The van der Waals surface area contributed by atoms with E-state index in [-0.39, 0.29) is 17.2 Å². The van der Waals surface area contributed by atoms with Crippen LogP contribution < -0.4 is 10.1 Å². The minimum atomic E-state index is -0.473. The number of phenols is 1. The second-order valence-electron chi connectivity index (χ2n) is 4.06. The number of nitrogens with zero attached hydrogens (tertiary/aromatic N) is 1. The Morgan fingerprint density at radius 2 is 2.16 bits per heavy atom. The number of ether oxygens (including phenoxy) is 1. The normalized spacial score (nSPS) is 10.3. The number of aryl methyl sites for hydroxylation is 1. The lowest BCUT2D eigenvalue weighted by atomic mass is 10.1. The fourth-order valence-electron chi connectivity index (χ4n) is 1.53. The lowest BCUT2D eigenvalue weighted by Crippen LogP contribution is -2.12. The molecule has 0 bridgehead atoms. The minimum absolute atomic E-state index is 0.134. The van der Waals surface area contributed by atoms with E-state index in [4.69, 9.17) is 9.26 Å². The zero-order valence-corrected chi connectivity index (χ0v) is 10.9. The molecule has 1 aromatic heterocycles. The van der Waals surface area contributed by atoms with E-state index >= 15 is 0 Å². The summed E-state index contributed by atoms with van der Waals surface area (Å²) in [6.45, 7) is 3.56. The van der Waals surface area contributed by atoms with Crippen molar-refractivity contribution in [3.8, 4) is 11.5 Å². The van der Waals surface area contributed by atoms with Crippen LogP contribution in [0.2, 0.25) is 0 Å². The van der Waals surface area contributed by atoms with Gasteiger partial charge < -0.3 is 14.4 Å². The Kier molecular flexibility index (Phi) is 3.41. The lowest BCUT2D eigenvalue weighted by molar-refractivity contribution is 0.102. The summed E-state index contributed by atoms with van der Waals surface area (Å²) in [6.07, 6.45) is 0. The molecule has 6 heteroatoms. The number of nitrogens with one attached hydrogen (secondary N) is 1. The second kappa shape index (κ2) is 5.01. The van der Waals surface area contributed by atoms with Crippen molar-refractivity contribution < 1.29 is 19.2 Å². The van der Waals surface area contributed by atoms with E-state index in [1.165, 1.54) is 19.2 Å². The molecule has 0 unspecified atom stereocenters. The first kappa shape index (κ1) is 12.9. The monoisotopic (exact) mass is 262 g/mol. The molecule has 0 atom stereocenters. The van der Waals surface area contributed by atoms with Crippen LogP contribution in [0.15, 0.2) is 22.7 Å². The molecule has 1 heterocycles. The third kappa shape index (κ3) is 2.52. The van der Waals surface area contributed by atoms with Gasteiger partial charge in [0.1, 0.15) is 11.5 Å². The van der Waals surface area contributed by atoms with Crippen molar-refractivity contribution in [3.63, 3.8) is 0 Å². The van der Waals surface area contributed by atoms with Crippen LogP contribution in [0, 0.1) is 13.8 Å². The summed E-state index contributed by atoms with van der Waals surface area (Å²) in [5.41, 5.74) is 1.59. The Hall–Kier alpha value is -2.50. The maximum atomic E-state index is 12.0. The van der Waals surface area contributed by atoms with Crippen molar-refractivity contribution in [2.75, 3.05) is 12.4 Å². The summed E-state index contributed by atoms with van der Waals surface area (Å²) >= 11 is 0. The molecule has 2 rings (SSSR count). The number of carbonyl (C=O) groups excluding carboxylic acids is 1. The first-order chi connectivity index (χ1) is 9.02. The van der Waals surface area contributed by atoms with Crippen molar-refractivity contribution >= 4 is 11.8 Å². The smallest absolute Gasteiger partial charge is 0.261 e. The first-order valence-electron chi connectivity index (χ1n) is 5.64. The van der Waals surface area contributed by atoms with Crippen molar-refractivity contribution in [1.29, 1.82) is 0 Å². The summed E-state index contributed by atoms with van der Waals surface area (Å²) in [6, 6.07) is 4.43. The summed E-state index contributed by atoms with van der Waals surface area (Å²) in [4.78, 5) is 12.0. The number of phenolic OH excluding ortho intramolecular Hbond substituents is 1. The molecule has 0 spiro atoms. The SMILES string of the molecule is COc1ccc(C(=O)Nc2onc(C)c2C)c(O)c1. The van der Waals surface area contributed by atoms with Gasteiger partial charge in [-0.3, -0.25) is 10.1 Å². The van der Waals surface area contributed by atoms with Gasteiger partial charge in [-0.05, 0) is 26.0 Å². The Balaban J connectivity index is 2.23. The average molecular weight is 262 g/mol. The van der Waals surface area contributed by atoms with E-state index in [1.54, 1.807) is 19.9 Å². The zero-order valence-electron chi connectivity index (χ0n) is 10.9. The maximum Gasteiger partial charge on any atom is 0.261 e. The van der Waals surface area contributed by atoms with Gasteiger partial charge in [-0.15, -0.1) is 0 Å². The topological polar surface area (TPSA) is 84.6 Å². The molecule has 0 saturated carbocycles. The largest absolute Gasteiger partial charge is 0.507 e. The van der Waals surface area contributed by atoms with E-state index in [0.717, 1.165) is 5.56 Å². The molecule has 0 aliphatic carbocycles. The predicted octanol–water partition coefficient (Wildman–Crippen LogP) is 2.26. The van der Waals surface area contributed by atoms with Gasteiger partial charge >= 0.3 is 0 Å². The number of benzene rings is 1. The van der Waals surface area contributed by atoms with E-state index in [1.807, 2.05) is 0 Å². The van der Waals surface area contributed by atoms with Crippen LogP contribution in [0.5, 0.6) is 11.5 Å². The van der Waals surface area contributed by atoms with Gasteiger partial charge in [-0.2, -0.15) is 0 Å². The first-order valence-corrected chi connectivity index (χ1v) is 5.64. The number of methoxy groups -OCH3 is 1. The zero-order chi connectivity index (χ0) is 14.0. The van der Waals surface area contributed by atoms with E-state index < -0.39 is 5.91 Å². The highest BCUT2D eigenvalue weighted by atomic mass is 16.5. The van der Waals surface area contributed by atoms with Crippen LogP contribution in [0.4, 0.5) is 5.88 Å². The molecule has 0 radical (unpaired) electrons. The van der Waals surface area contributed by atoms with Gasteiger partial charge in [0.25, 0.3) is 5.91 Å². The Morgan fingerprint density at radius 1 is 1.42 bits per heavy atom. The summed E-state index contributed by atoms with van der Waals surface area (Å²) in [5.74, 6) is 0.114. The van der Waals surface area contributed by atoms with Gasteiger partial charge in [-0.25, -0.2) is 0 Å². The lowest BCUT2D eigenvalue weighted by Gasteiger charge is -2.06. The van der Waals surface area contributed by atoms with Crippen molar-refractivity contribution in [2.24, 2.45) is 0 Å². The molecule has 1 amide bonds. The summed E-state index contributed by atoms with van der Waals surface area (Å²) in [5, 5.41) is 16.1. The summed E-state index contributed by atoms with van der Waals surface area (Å²) in [7, 11) is 1.48. The molecular weight excluding hydrogens is 248 g/mol. The van der Waals surface area contributed by atoms with E-state index in [9.17, 15) is 9.90 Å². The number of aromatic hydroxyl groups is 1. The van der Waals surface area contributed by atoms with Gasteiger partial charge in [-0.1, -0.05) is 5.16 Å². The quantitative estimate of drug-likeness (QED) is 0.886. The predicted molar refractivity (Wildman–Crippen MR) is 68.6 cm³/mol. The van der Waals surface area contributed by atoms with Crippen LogP contribution in [0.25, 0.3) is 0 Å². The van der Waals surface area contributed by atoms with Gasteiger partial charge in [0.05, 0.1) is 18.4 Å². The number of hydrogen-bond donors (Lipinski definition) is 2. The number of carbonyl (C=O) groups is 1. The number of amides is 1. The standard InChI is InChI=1S/C13H14N2O4/c1-7-8(2)15-19-13(7)14-12(17)10-5-4-9(18-3)6-11(10)16/h4-6,16H,1-3H3,(H,14,17). The van der Waals surface area contributed by atoms with Gasteiger partial charge in [0.15, 0.2) is 0 Å². The Labute approximate surface area is 110 Å². The van der Waals surface area contributed by atoms with Crippen molar-refractivity contribution in [2.45, 2.75) is 13.8 Å². The third-order valence-corrected chi connectivity index (χ3v) is 2.83. The number of rotatable bonds is 3. The average Bonchev–Trinajstić information content (AvgIpc) is 2.70. The van der Waals surface area contributed by atoms with Crippen LogP contribution in [0.1, 0.15) is 21.6 Å². The number of hydrogen-bond acceptors (Lipinski definition) is 5. The Morgan fingerprint density at radius 3 is 2.68 bits per heavy atom. The molecule has 2 N–H and O–H groups in total. The van der Waals surface area contributed by atoms with Crippen LogP contribution in [-0.4, -0.2) is 23.3 Å². The van der Waals surface area contributed by atoms with Crippen molar-refractivity contribution in [1.82, 2.24) is 5.16 Å². The molecule has 0 aliphatic heterocycles. The van der Waals surface area contributed by atoms with Crippen LogP contribution in [0.3, 0.4) is 0 Å². The summed E-state index contributed by atoms with van der Waals surface area (Å²) < 4.78 is 9.93. The van der Waals surface area contributed by atoms with E-state index in [2.05, 4.69) is 10.5 Å². The fraction of sp³-hybridized carbons (Fsp3) is 0.231. The van der Waals surface area contributed by atoms with Gasteiger partial charge in [0.2, 0.25) is 5.88 Å². The van der Waals surface area contributed by atoms with E-state index in [0.29, 0.717) is 11.4 Å². The molecule has 6 nitrogen and oxygen atoms in total. The second-order valence-corrected chi connectivity index (χ2v) is 4.06. The van der Waals surface area contributed by atoms with Gasteiger partial charge in [0, 0.05) is 11.6 Å². The highest BCUT2D eigenvalue weighted by molar-refractivity contribution is 6.05. The highest BCUT2D eigenvalue weighted by Crippen LogP contribution is 2.25. The molecule has 0 saturated heterocycles. The minimum Gasteiger partial charge on any atom is -0.507 e. The maximum absolute atomic E-state index is 12.0. The van der Waals surface area contributed by atoms with Crippen LogP contribution >= 0.6 is 0 Å². The van der Waals surface area contributed by atoms with Crippen LogP contribution in [-0.2, 0) is 0 Å². The molecule has 100 valence electrons. The fourth-order valence-corrected chi connectivity index (χ4v) is 1.53. The van der Waals surface area contributed by atoms with Crippen molar-refractivity contribution in [3.05, 3.63) is 35.0 Å². The molecular formula is C13H14N2O4. The number of aromatic nitrogens is 1. The third-order valence-electron chi connectivity index (χ3n) is 2.83. The molecule has 19 heavy (non-hydrogen) atoms. The molecule has 0 fully saturated rings. The molecule has 0 aliphatic rings. The molecule has 1 aromatic carbocycles. The Bertz CT molecular complexity index is 619. The molecule has 2 aromatic rings.